The van der Waals surface area contributed by atoms with Gasteiger partial charge in [0.15, 0.2) is 0 Å². The third-order valence-electron chi connectivity index (χ3n) is 2.50. The lowest BCUT2D eigenvalue weighted by atomic mass is 10.1. The molecule has 0 aromatic heterocycles. The van der Waals surface area contributed by atoms with Crippen LogP contribution in [0.1, 0.15) is 15.9 Å². The van der Waals surface area contributed by atoms with Gasteiger partial charge in [0.05, 0.1) is 28.2 Å². The van der Waals surface area contributed by atoms with E-state index in [1.165, 1.54) is 14.2 Å². The van der Waals surface area contributed by atoms with Gasteiger partial charge in [-0.05, 0) is 12.1 Å². The van der Waals surface area contributed by atoms with Crippen molar-refractivity contribution in [2.45, 2.75) is 11.1 Å². The van der Waals surface area contributed by atoms with E-state index in [9.17, 15) is 18.0 Å². The Bertz CT molecular complexity index is 624. The summed E-state index contributed by atoms with van der Waals surface area (Å²) in [5.74, 6) is 9.38. The Kier molecular flexibility index (Phi) is 6.50. The number of alkyl halides is 3. The van der Waals surface area contributed by atoms with Crippen LogP contribution in [-0.2, 0) is 10.4 Å². The van der Waals surface area contributed by atoms with Gasteiger partial charge in [-0.15, -0.1) is 5.10 Å². The molecule has 0 aliphatic rings. The Morgan fingerprint density at radius 2 is 2.09 bits per heavy atom. The predicted molar refractivity (Wildman–Crippen MR) is 80.4 cm³/mol. The van der Waals surface area contributed by atoms with Gasteiger partial charge in [-0.25, -0.2) is 5.84 Å². The SMILES string of the molecule is COSc1c(C(F)(F)F)ccc(C(=O)N/C(=N/N)N(C)N)c1Cl. The molecule has 0 radical (unpaired) electrons. The summed E-state index contributed by atoms with van der Waals surface area (Å²) in [6, 6.07) is 1.67. The Hall–Kier alpha value is -1.69. The number of hydrazone groups is 1. The smallest absolute Gasteiger partial charge is 0.320 e. The van der Waals surface area contributed by atoms with Crippen molar-refractivity contribution in [3.63, 3.8) is 0 Å². The number of nitrogens with two attached hydrogens (primary N) is 2. The number of guanidine groups is 1. The lowest BCUT2D eigenvalue weighted by Gasteiger charge is -2.17. The average molecular weight is 372 g/mol. The van der Waals surface area contributed by atoms with Gasteiger partial charge in [0.2, 0.25) is 5.96 Å². The van der Waals surface area contributed by atoms with Crippen LogP contribution < -0.4 is 17.0 Å². The number of amides is 1. The molecule has 0 spiro atoms. The molecule has 0 aliphatic carbocycles. The zero-order chi connectivity index (χ0) is 17.8. The van der Waals surface area contributed by atoms with Gasteiger partial charge in [-0.3, -0.25) is 15.1 Å². The summed E-state index contributed by atoms with van der Waals surface area (Å²) in [6.07, 6.45) is -4.65. The summed E-state index contributed by atoms with van der Waals surface area (Å²) in [5, 5.41) is 5.95. The van der Waals surface area contributed by atoms with Crippen molar-refractivity contribution in [3.8, 4) is 0 Å². The van der Waals surface area contributed by atoms with E-state index < -0.39 is 27.6 Å². The number of hydrogen-bond acceptors (Lipinski definition) is 6. The number of hydrogen-bond donors (Lipinski definition) is 3. The number of halogens is 4. The molecule has 0 aliphatic heterocycles. The molecule has 0 saturated carbocycles. The monoisotopic (exact) mass is 371 g/mol. The van der Waals surface area contributed by atoms with Gasteiger partial charge in [0, 0.05) is 19.1 Å². The summed E-state index contributed by atoms with van der Waals surface area (Å²) >= 11 is 6.32. The third kappa shape index (κ3) is 4.64. The van der Waals surface area contributed by atoms with E-state index in [4.69, 9.17) is 23.3 Å². The fourth-order valence-corrected chi connectivity index (χ4v) is 2.47. The summed E-state index contributed by atoms with van der Waals surface area (Å²) in [4.78, 5) is 11.7. The van der Waals surface area contributed by atoms with Crippen molar-refractivity contribution in [2.75, 3.05) is 14.2 Å². The molecule has 0 fully saturated rings. The largest absolute Gasteiger partial charge is 0.417 e. The molecule has 1 rings (SSSR count). The van der Waals surface area contributed by atoms with E-state index in [2.05, 4.69) is 14.6 Å². The van der Waals surface area contributed by atoms with Gasteiger partial charge >= 0.3 is 6.18 Å². The Morgan fingerprint density at radius 3 is 2.52 bits per heavy atom. The van der Waals surface area contributed by atoms with Crippen molar-refractivity contribution < 1.29 is 22.1 Å². The van der Waals surface area contributed by atoms with E-state index >= 15 is 0 Å². The van der Waals surface area contributed by atoms with Crippen LogP contribution in [0.3, 0.4) is 0 Å². The maximum atomic E-state index is 13.0. The second-order valence-corrected chi connectivity index (χ2v) is 5.36. The summed E-state index contributed by atoms with van der Waals surface area (Å²) in [7, 11) is 2.53. The molecule has 5 N–H and O–H groups in total. The molecule has 1 aromatic carbocycles. The van der Waals surface area contributed by atoms with Crippen molar-refractivity contribution in [3.05, 3.63) is 28.3 Å². The number of nitrogens with zero attached hydrogens (tertiary/aromatic N) is 2. The second kappa shape index (κ2) is 7.73. The zero-order valence-corrected chi connectivity index (χ0v) is 13.5. The summed E-state index contributed by atoms with van der Waals surface area (Å²) < 4.78 is 43.6. The molecule has 0 saturated heterocycles. The summed E-state index contributed by atoms with van der Waals surface area (Å²) in [6.45, 7) is 0. The van der Waals surface area contributed by atoms with Gasteiger partial charge in [0.1, 0.15) is 0 Å². The molecular weight excluding hydrogens is 359 g/mol. The van der Waals surface area contributed by atoms with Gasteiger partial charge in [-0.2, -0.15) is 13.2 Å². The van der Waals surface area contributed by atoms with Gasteiger partial charge < -0.3 is 10.0 Å². The van der Waals surface area contributed by atoms with E-state index in [-0.39, 0.29) is 11.5 Å². The number of rotatable bonds is 3. The van der Waals surface area contributed by atoms with Crippen LogP contribution >= 0.6 is 23.6 Å². The zero-order valence-electron chi connectivity index (χ0n) is 11.9. The highest BCUT2D eigenvalue weighted by atomic mass is 35.5. The highest BCUT2D eigenvalue weighted by Gasteiger charge is 2.36. The van der Waals surface area contributed by atoms with E-state index in [1.54, 1.807) is 0 Å². The molecule has 7 nitrogen and oxygen atoms in total. The van der Waals surface area contributed by atoms with E-state index in [0.29, 0.717) is 12.0 Å². The molecule has 128 valence electrons. The highest BCUT2D eigenvalue weighted by molar-refractivity contribution is 7.94. The first-order chi connectivity index (χ1) is 10.6. The van der Waals surface area contributed by atoms with Crippen LogP contribution in [-0.4, -0.2) is 31.0 Å². The van der Waals surface area contributed by atoms with Crippen LogP contribution in [0.5, 0.6) is 0 Å². The van der Waals surface area contributed by atoms with Crippen LogP contribution in [0.15, 0.2) is 22.1 Å². The lowest BCUT2D eigenvalue weighted by molar-refractivity contribution is -0.139. The second-order valence-electron chi connectivity index (χ2n) is 4.07. The predicted octanol–water partition coefficient (Wildman–Crippen LogP) is 1.78. The van der Waals surface area contributed by atoms with Gasteiger partial charge in [0.25, 0.3) is 5.91 Å². The highest BCUT2D eigenvalue weighted by Crippen LogP contribution is 2.41. The molecule has 1 amide bonds. The third-order valence-corrected chi connectivity index (χ3v) is 3.76. The Morgan fingerprint density at radius 1 is 1.48 bits per heavy atom. The summed E-state index contributed by atoms with van der Waals surface area (Å²) in [5.41, 5.74) is -1.24. The number of benzene rings is 1. The number of carbonyl (C=O) groups excluding carboxylic acids is 1. The first-order valence-electron chi connectivity index (χ1n) is 5.81. The molecule has 0 atom stereocenters. The lowest BCUT2D eigenvalue weighted by Crippen LogP contribution is -2.46. The number of hydrazine groups is 1. The number of nitrogens with one attached hydrogen (secondary N) is 1. The Labute approximate surface area is 138 Å². The fraction of sp³-hybridized carbons (Fsp3) is 0.273. The molecule has 12 heteroatoms. The average Bonchev–Trinajstić information content (AvgIpc) is 2.45. The molecule has 0 heterocycles. The maximum absolute atomic E-state index is 13.0. The first-order valence-corrected chi connectivity index (χ1v) is 6.93. The van der Waals surface area contributed by atoms with Crippen LogP contribution in [0.25, 0.3) is 0 Å². The molecule has 23 heavy (non-hydrogen) atoms. The minimum atomic E-state index is -4.65. The number of carbonyl (C=O) groups is 1. The van der Waals surface area contributed by atoms with Crippen molar-refractivity contribution in [2.24, 2.45) is 16.8 Å². The standard InChI is InChI=1S/C11H13ClF3N5O2S/c1-20(17)10(19-16)18-9(21)5-3-4-6(11(13,14)15)8(7(5)12)23-22-2/h3-4H,16-17H2,1-2H3,(H,18,19,21). The van der Waals surface area contributed by atoms with Crippen LogP contribution in [0, 0.1) is 0 Å². The minimum absolute atomic E-state index is 0.202. The van der Waals surface area contributed by atoms with Crippen LogP contribution in [0.4, 0.5) is 13.2 Å². The van der Waals surface area contributed by atoms with E-state index in [0.717, 1.165) is 17.1 Å². The van der Waals surface area contributed by atoms with Crippen molar-refractivity contribution in [1.82, 2.24) is 10.3 Å². The minimum Gasteiger partial charge on any atom is -0.320 e. The maximum Gasteiger partial charge on any atom is 0.417 e. The Balaban J connectivity index is 3.29. The fourth-order valence-electron chi connectivity index (χ4n) is 1.50. The molecule has 1 aromatic rings. The first kappa shape index (κ1) is 19.4. The normalized spacial score (nSPS) is 12.2. The van der Waals surface area contributed by atoms with Crippen molar-refractivity contribution in [1.29, 1.82) is 0 Å². The topological polar surface area (TPSA) is 106 Å². The molecular formula is C11H13ClF3N5O2S. The van der Waals surface area contributed by atoms with E-state index in [1.807, 2.05) is 0 Å². The molecule has 0 bridgehead atoms. The van der Waals surface area contributed by atoms with Gasteiger partial charge in [-0.1, -0.05) is 11.6 Å². The van der Waals surface area contributed by atoms with Crippen LogP contribution in [0.2, 0.25) is 5.02 Å². The van der Waals surface area contributed by atoms with Crippen molar-refractivity contribution >= 4 is 35.5 Å². The quantitative estimate of drug-likeness (QED) is 0.246. The molecule has 0 unspecified atom stereocenters.